The fraction of sp³-hybridized carbons (Fsp3) is 0.600. The number of aryl methyl sites for hydroxylation is 2. The summed E-state index contributed by atoms with van der Waals surface area (Å²) in [6.07, 6.45) is 3.90. The molecule has 1 fully saturated rings. The molecule has 0 aromatic carbocycles. The van der Waals surface area contributed by atoms with Crippen molar-refractivity contribution in [1.29, 1.82) is 0 Å². The number of hydrogen-bond acceptors (Lipinski definition) is 3. The lowest BCUT2D eigenvalue weighted by Crippen LogP contribution is -2.47. The predicted octanol–water partition coefficient (Wildman–Crippen LogP) is 2.27. The number of hydrogen-bond donors (Lipinski definition) is 2. The highest BCUT2D eigenvalue weighted by Crippen LogP contribution is 2.35. The van der Waals surface area contributed by atoms with Crippen molar-refractivity contribution in [3.63, 3.8) is 0 Å². The average molecular weight is 277 g/mol. The Bertz CT molecular complexity index is 490. The van der Waals surface area contributed by atoms with Crippen molar-refractivity contribution < 1.29 is 9.90 Å². The Morgan fingerprint density at radius 3 is 2.90 bits per heavy atom. The van der Waals surface area contributed by atoms with Gasteiger partial charge in [-0.25, -0.2) is 0 Å². The molecule has 0 unspecified atom stereocenters. The zero-order chi connectivity index (χ0) is 14.8. The molecule has 1 aromatic heterocycles. The first-order chi connectivity index (χ1) is 9.48. The summed E-state index contributed by atoms with van der Waals surface area (Å²) in [6.45, 7) is 9.99. The monoisotopic (exact) mass is 277 g/mol. The molecule has 1 atom stereocenters. The summed E-state index contributed by atoms with van der Waals surface area (Å²) in [4.78, 5) is 13.9. The molecule has 1 saturated heterocycles. The van der Waals surface area contributed by atoms with E-state index in [1.807, 2.05) is 13.8 Å². The topological polar surface area (TPSA) is 69.2 Å². The number of carboxylic acid groups (broad SMARTS) is 1. The number of rotatable bonds is 5. The second kappa shape index (κ2) is 5.79. The average Bonchev–Trinajstić information content (AvgIpc) is 2.71. The molecule has 110 valence electrons. The van der Waals surface area contributed by atoms with Gasteiger partial charge in [0.25, 0.3) is 0 Å². The highest BCUT2D eigenvalue weighted by molar-refractivity contribution is 5.75. The van der Waals surface area contributed by atoms with Gasteiger partial charge in [-0.2, -0.15) is 5.10 Å². The number of nitrogens with one attached hydrogen (secondary N) is 1. The lowest BCUT2D eigenvalue weighted by Gasteiger charge is -2.39. The van der Waals surface area contributed by atoms with Crippen LogP contribution in [0.3, 0.4) is 0 Å². The van der Waals surface area contributed by atoms with Gasteiger partial charge in [-0.05, 0) is 39.7 Å². The Balaban J connectivity index is 2.14. The van der Waals surface area contributed by atoms with Crippen molar-refractivity contribution in [2.45, 2.75) is 39.7 Å². The van der Waals surface area contributed by atoms with Crippen LogP contribution in [-0.4, -0.2) is 39.3 Å². The van der Waals surface area contributed by atoms with Crippen LogP contribution in [0, 0.1) is 19.3 Å². The van der Waals surface area contributed by atoms with Crippen molar-refractivity contribution in [1.82, 2.24) is 15.1 Å². The van der Waals surface area contributed by atoms with Crippen molar-refractivity contribution in [2.75, 3.05) is 13.1 Å². The van der Waals surface area contributed by atoms with E-state index in [2.05, 4.69) is 21.7 Å². The lowest BCUT2D eigenvalue weighted by atomic mass is 9.77. The molecule has 5 nitrogen and oxygen atoms in total. The largest absolute Gasteiger partial charge is 0.481 e. The van der Waals surface area contributed by atoms with Crippen LogP contribution in [-0.2, 0) is 11.3 Å². The van der Waals surface area contributed by atoms with E-state index in [-0.39, 0.29) is 0 Å². The van der Waals surface area contributed by atoms with E-state index in [0.29, 0.717) is 13.0 Å². The second-order valence-electron chi connectivity index (χ2n) is 5.81. The number of aromatic nitrogens is 2. The number of aromatic amines is 1. The Labute approximate surface area is 119 Å². The van der Waals surface area contributed by atoms with Crippen LogP contribution in [0.2, 0.25) is 0 Å². The maximum absolute atomic E-state index is 11.7. The lowest BCUT2D eigenvalue weighted by molar-refractivity contribution is -0.152. The molecule has 1 aliphatic heterocycles. The maximum Gasteiger partial charge on any atom is 0.311 e. The minimum absolute atomic E-state index is 0.530. The van der Waals surface area contributed by atoms with Gasteiger partial charge in [-0.3, -0.25) is 14.8 Å². The third-order valence-electron chi connectivity index (χ3n) is 4.31. The number of nitrogens with zero attached hydrogens (tertiary/aromatic N) is 2. The molecule has 1 aromatic rings. The molecule has 2 rings (SSSR count). The minimum Gasteiger partial charge on any atom is -0.481 e. The number of carboxylic acids is 1. The van der Waals surface area contributed by atoms with Crippen LogP contribution >= 0.6 is 0 Å². The van der Waals surface area contributed by atoms with Crippen LogP contribution in [0.4, 0.5) is 0 Å². The molecular formula is C15H23N3O2. The number of H-pyrrole nitrogens is 1. The van der Waals surface area contributed by atoms with Gasteiger partial charge in [0, 0.05) is 24.3 Å². The van der Waals surface area contributed by atoms with Gasteiger partial charge in [0.05, 0.1) is 11.1 Å². The summed E-state index contributed by atoms with van der Waals surface area (Å²) < 4.78 is 0. The van der Waals surface area contributed by atoms with E-state index in [4.69, 9.17) is 0 Å². The molecule has 0 spiro atoms. The molecule has 0 amide bonds. The van der Waals surface area contributed by atoms with Gasteiger partial charge in [0.1, 0.15) is 0 Å². The van der Waals surface area contributed by atoms with Crippen LogP contribution in [0.5, 0.6) is 0 Å². The fourth-order valence-electron chi connectivity index (χ4n) is 3.10. The molecule has 0 saturated carbocycles. The molecule has 0 aliphatic carbocycles. The molecule has 2 heterocycles. The summed E-state index contributed by atoms with van der Waals surface area (Å²) in [6, 6.07) is 0. The van der Waals surface area contributed by atoms with Gasteiger partial charge in [0.15, 0.2) is 0 Å². The van der Waals surface area contributed by atoms with E-state index < -0.39 is 11.4 Å². The highest BCUT2D eigenvalue weighted by atomic mass is 16.4. The number of likely N-dealkylation sites (tertiary alicyclic amines) is 1. The molecular weight excluding hydrogens is 254 g/mol. The van der Waals surface area contributed by atoms with Gasteiger partial charge in [-0.15, -0.1) is 6.58 Å². The summed E-state index contributed by atoms with van der Waals surface area (Å²) in [7, 11) is 0. The van der Waals surface area contributed by atoms with Crippen LogP contribution < -0.4 is 0 Å². The van der Waals surface area contributed by atoms with Crippen molar-refractivity contribution in [3.8, 4) is 0 Å². The van der Waals surface area contributed by atoms with Gasteiger partial charge in [-0.1, -0.05) is 6.08 Å². The number of piperidine rings is 1. The van der Waals surface area contributed by atoms with Crippen molar-refractivity contribution >= 4 is 5.97 Å². The van der Waals surface area contributed by atoms with E-state index in [1.54, 1.807) is 6.08 Å². The number of carbonyl (C=O) groups is 1. The SMILES string of the molecule is C=CC[C@@]1(C(=O)O)CCCN(Cc2c(C)n[nH]c2C)C1. The van der Waals surface area contributed by atoms with Crippen LogP contribution in [0.25, 0.3) is 0 Å². The van der Waals surface area contributed by atoms with E-state index in [1.165, 1.54) is 5.56 Å². The smallest absolute Gasteiger partial charge is 0.311 e. The number of allylic oxidation sites excluding steroid dienone is 1. The third kappa shape index (κ3) is 2.77. The molecule has 20 heavy (non-hydrogen) atoms. The van der Waals surface area contributed by atoms with Crippen LogP contribution in [0.1, 0.15) is 36.2 Å². The molecule has 0 radical (unpaired) electrons. The van der Waals surface area contributed by atoms with Crippen molar-refractivity contribution in [2.24, 2.45) is 5.41 Å². The third-order valence-corrected chi connectivity index (χ3v) is 4.31. The molecule has 2 N–H and O–H groups in total. The Morgan fingerprint density at radius 2 is 2.35 bits per heavy atom. The van der Waals surface area contributed by atoms with E-state index >= 15 is 0 Å². The molecule has 0 bridgehead atoms. The summed E-state index contributed by atoms with van der Waals surface area (Å²) in [5.41, 5.74) is 2.58. The quantitative estimate of drug-likeness (QED) is 0.810. The standard InChI is InChI=1S/C15H23N3O2/c1-4-6-15(14(19)20)7-5-8-18(10-15)9-13-11(2)16-17-12(13)3/h4H,1,5-10H2,2-3H3,(H,16,17)(H,19,20)/t15-/m1/s1. The van der Waals surface area contributed by atoms with Gasteiger partial charge < -0.3 is 5.11 Å². The zero-order valence-corrected chi connectivity index (χ0v) is 12.3. The summed E-state index contributed by atoms with van der Waals surface area (Å²) in [5.74, 6) is -0.706. The Morgan fingerprint density at radius 1 is 1.60 bits per heavy atom. The first kappa shape index (κ1) is 14.8. The first-order valence-electron chi connectivity index (χ1n) is 7.05. The van der Waals surface area contributed by atoms with E-state index in [0.717, 1.165) is 37.3 Å². The maximum atomic E-state index is 11.7. The number of aliphatic carboxylic acids is 1. The normalized spacial score (nSPS) is 23.7. The zero-order valence-electron chi connectivity index (χ0n) is 12.3. The highest BCUT2D eigenvalue weighted by Gasteiger charge is 2.41. The van der Waals surface area contributed by atoms with Crippen molar-refractivity contribution in [3.05, 3.63) is 29.6 Å². The van der Waals surface area contributed by atoms with E-state index in [9.17, 15) is 9.90 Å². The van der Waals surface area contributed by atoms with Crippen LogP contribution in [0.15, 0.2) is 12.7 Å². The Kier molecular flexibility index (Phi) is 4.28. The minimum atomic E-state index is -0.706. The summed E-state index contributed by atoms with van der Waals surface area (Å²) >= 11 is 0. The summed E-state index contributed by atoms with van der Waals surface area (Å²) in [5, 5.41) is 16.8. The first-order valence-corrected chi connectivity index (χ1v) is 7.05. The molecule has 1 aliphatic rings. The predicted molar refractivity (Wildman–Crippen MR) is 77.5 cm³/mol. The molecule has 5 heteroatoms. The van der Waals surface area contributed by atoms with Gasteiger partial charge in [0.2, 0.25) is 0 Å². The Hall–Kier alpha value is -1.62. The fourth-order valence-corrected chi connectivity index (χ4v) is 3.10. The second-order valence-corrected chi connectivity index (χ2v) is 5.81. The van der Waals surface area contributed by atoms with Gasteiger partial charge >= 0.3 is 5.97 Å².